The molecule has 0 N–H and O–H groups in total. The zero-order chi connectivity index (χ0) is 13.9. The second kappa shape index (κ2) is 4.33. The summed E-state index contributed by atoms with van der Waals surface area (Å²) in [6, 6.07) is 0. The number of aromatic nitrogens is 1. The van der Waals surface area contributed by atoms with Gasteiger partial charge in [-0.2, -0.15) is 0 Å². The van der Waals surface area contributed by atoms with Gasteiger partial charge in [-0.1, -0.05) is 36.9 Å². The van der Waals surface area contributed by atoms with E-state index in [4.69, 9.17) is 16.0 Å². The van der Waals surface area contributed by atoms with Crippen LogP contribution >= 0.6 is 36.0 Å². The van der Waals surface area contributed by atoms with E-state index >= 15 is 0 Å². The normalized spacial score (nSPS) is 34.0. The Labute approximate surface area is 132 Å². The molecule has 1 saturated heterocycles. The van der Waals surface area contributed by atoms with Gasteiger partial charge in [0.15, 0.2) is 5.76 Å². The van der Waals surface area contributed by atoms with E-state index in [-0.39, 0.29) is 5.92 Å². The maximum absolute atomic E-state index is 6.52. The van der Waals surface area contributed by atoms with Crippen molar-refractivity contribution in [1.29, 1.82) is 0 Å². The molecule has 0 bridgehead atoms. The lowest BCUT2D eigenvalue weighted by Gasteiger charge is -2.20. The van der Waals surface area contributed by atoms with Crippen molar-refractivity contribution in [2.24, 2.45) is 0 Å². The number of thiol groups is 1. The molecule has 2 aliphatic carbocycles. The number of fused-ring (bicyclic) bond motifs is 5. The molecule has 1 fully saturated rings. The number of hydrogen-bond acceptors (Lipinski definition) is 4. The number of allylic oxidation sites excluding steroid dienone is 5. The molecular formula is C15H12ClNOS2. The Morgan fingerprint density at radius 3 is 3.20 bits per heavy atom. The minimum absolute atomic E-state index is 0.203. The van der Waals surface area contributed by atoms with Crippen molar-refractivity contribution in [2.45, 2.75) is 28.2 Å². The maximum atomic E-state index is 6.52. The van der Waals surface area contributed by atoms with Crippen molar-refractivity contribution >= 4 is 42.1 Å². The van der Waals surface area contributed by atoms with Crippen LogP contribution in [0.3, 0.4) is 0 Å². The van der Waals surface area contributed by atoms with Crippen molar-refractivity contribution in [2.75, 3.05) is 0 Å². The van der Waals surface area contributed by atoms with E-state index < -0.39 is 4.87 Å². The fourth-order valence-electron chi connectivity index (χ4n) is 2.89. The van der Waals surface area contributed by atoms with Gasteiger partial charge in [-0.25, -0.2) is 4.98 Å². The van der Waals surface area contributed by atoms with Crippen LogP contribution in [-0.2, 0) is 0 Å². The van der Waals surface area contributed by atoms with E-state index in [0.717, 1.165) is 11.5 Å². The molecule has 20 heavy (non-hydrogen) atoms. The Morgan fingerprint density at radius 1 is 1.50 bits per heavy atom. The van der Waals surface area contributed by atoms with E-state index in [2.05, 4.69) is 35.8 Å². The first-order valence-electron chi connectivity index (χ1n) is 6.40. The van der Waals surface area contributed by atoms with Crippen molar-refractivity contribution in [1.82, 2.24) is 4.98 Å². The second-order valence-electron chi connectivity index (χ2n) is 5.31. The summed E-state index contributed by atoms with van der Waals surface area (Å²) in [5.74, 6) is 1.02. The Kier molecular flexibility index (Phi) is 2.78. The molecule has 3 aliphatic rings. The van der Waals surface area contributed by atoms with E-state index in [9.17, 15) is 0 Å². The first-order chi connectivity index (χ1) is 9.53. The smallest absolute Gasteiger partial charge is 0.253 e. The van der Waals surface area contributed by atoms with E-state index in [1.54, 1.807) is 0 Å². The van der Waals surface area contributed by atoms with Gasteiger partial charge in [-0.15, -0.1) is 23.4 Å². The highest BCUT2D eigenvalue weighted by molar-refractivity contribution is 8.04. The summed E-state index contributed by atoms with van der Waals surface area (Å²) >= 11 is 12.6. The number of oxazole rings is 1. The van der Waals surface area contributed by atoms with Gasteiger partial charge in [0.25, 0.3) is 5.22 Å². The molecule has 3 unspecified atom stereocenters. The van der Waals surface area contributed by atoms with Gasteiger partial charge >= 0.3 is 0 Å². The van der Waals surface area contributed by atoms with Crippen LogP contribution < -0.4 is 0 Å². The van der Waals surface area contributed by atoms with E-state index in [0.29, 0.717) is 10.5 Å². The van der Waals surface area contributed by atoms with Gasteiger partial charge < -0.3 is 4.42 Å². The predicted octanol–water partition coefficient (Wildman–Crippen LogP) is 4.57. The average molecular weight is 322 g/mol. The molecule has 1 aliphatic heterocycles. The van der Waals surface area contributed by atoms with Crippen LogP contribution in [0, 0.1) is 0 Å². The molecule has 2 nitrogen and oxygen atoms in total. The standard InChI is InChI=1S/C15H12ClNOS2/c1-15(16)6-2-3-10-8(7-15)12-11(20-10)5-4-9-13(12)17-14(19)18-9/h2-7,11-12H,1H3,(H,17,19). The van der Waals surface area contributed by atoms with Crippen LogP contribution in [0.25, 0.3) is 6.08 Å². The fraction of sp³-hybridized carbons (Fsp3) is 0.267. The number of nitrogens with zero attached hydrogens (tertiary/aromatic N) is 1. The minimum atomic E-state index is -0.460. The van der Waals surface area contributed by atoms with Crippen LogP contribution in [0.1, 0.15) is 24.3 Å². The summed E-state index contributed by atoms with van der Waals surface area (Å²) in [5.41, 5.74) is 2.22. The summed E-state index contributed by atoms with van der Waals surface area (Å²) in [6.07, 6.45) is 12.5. The highest BCUT2D eigenvalue weighted by Gasteiger charge is 2.42. The molecule has 0 aromatic carbocycles. The summed E-state index contributed by atoms with van der Waals surface area (Å²) in [6.45, 7) is 2.00. The van der Waals surface area contributed by atoms with Gasteiger partial charge in [0.2, 0.25) is 0 Å². The highest BCUT2D eigenvalue weighted by atomic mass is 35.5. The molecule has 3 atom stereocenters. The average Bonchev–Trinajstić information content (AvgIpc) is 2.85. The van der Waals surface area contributed by atoms with Gasteiger partial charge in [-0.05, 0) is 24.6 Å². The van der Waals surface area contributed by atoms with Crippen LogP contribution in [0.15, 0.2) is 50.5 Å². The fourth-order valence-corrected chi connectivity index (χ4v) is 4.63. The van der Waals surface area contributed by atoms with Gasteiger partial charge in [0.05, 0.1) is 10.6 Å². The van der Waals surface area contributed by atoms with Crippen LogP contribution in [0.4, 0.5) is 0 Å². The summed E-state index contributed by atoms with van der Waals surface area (Å²) in [5, 5.41) is 0.778. The van der Waals surface area contributed by atoms with Gasteiger partial charge in [0, 0.05) is 16.1 Å². The summed E-state index contributed by atoms with van der Waals surface area (Å²) in [7, 11) is 0. The molecule has 102 valence electrons. The molecule has 0 amide bonds. The first-order valence-corrected chi connectivity index (χ1v) is 8.10. The first kappa shape index (κ1) is 12.9. The quantitative estimate of drug-likeness (QED) is 0.560. The van der Waals surface area contributed by atoms with Gasteiger partial charge in [-0.3, -0.25) is 0 Å². The number of thioether (sulfide) groups is 1. The molecular weight excluding hydrogens is 310 g/mol. The van der Waals surface area contributed by atoms with Crippen molar-refractivity contribution in [3.63, 3.8) is 0 Å². The lowest BCUT2D eigenvalue weighted by atomic mass is 9.86. The lowest BCUT2D eigenvalue weighted by Crippen LogP contribution is -2.16. The lowest BCUT2D eigenvalue weighted by molar-refractivity contribution is 0.448. The zero-order valence-corrected chi connectivity index (χ0v) is 13.2. The number of hydrogen-bond donors (Lipinski definition) is 1. The van der Waals surface area contributed by atoms with E-state index in [1.807, 2.05) is 36.9 Å². The van der Waals surface area contributed by atoms with Crippen molar-refractivity contribution in [3.05, 3.63) is 52.3 Å². The number of halogens is 1. The van der Waals surface area contributed by atoms with Crippen LogP contribution in [-0.4, -0.2) is 15.1 Å². The molecule has 0 spiro atoms. The third-order valence-corrected chi connectivity index (χ3v) is 5.47. The minimum Gasteiger partial charge on any atom is -0.432 e. The molecule has 0 radical (unpaired) electrons. The number of alkyl halides is 1. The third kappa shape index (κ3) is 1.93. The van der Waals surface area contributed by atoms with Crippen molar-refractivity contribution < 1.29 is 4.42 Å². The maximum Gasteiger partial charge on any atom is 0.253 e. The van der Waals surface area contributed by atoms with Crippen LogP contribution in [0.5, 0.6) is 0 Å². The third-order valence-electron chi connectivity index (χ3n) is 3.72. The van der Waals surface area contributed by atoms with Crippen LogP contribution in [0.2, 0.25) is 0 Å². The van der Waals surface area contributed by atoms with Gasteiger partial charge in [0.1, 0.15) is 0 Å². The monoisotopic (exact) mass is 321 g/mol. The molecule has 0 saturated carbocycles. The zero-order valence-electron chi connectivity index (χ0n) is 10.7. The predicted molar refractivity (Wildman–Crippen MR) is 86.5 cm³/mol. The molecule has 2 heterocycles. The van der Waals surface area contributed by atoms with E-state index in [1.165, 1.54) is 10.5 Å². The molecule has 4 rings (SSSR count). The Morgan fingerprint density at radius 2 is 2.35 bits per heavy atom. The Bertz CT molecular complexity index is 711. The largest absolute Gasteiger partial charge is 0.432 e. The SMILES string of the molecule is CC1(Cl)C=CC=C2SC3C=Cc4oc(S)nc4C3C2=C1. The molecule has 1 aromatic rings. The number of rotatable bonds is 0. The second-order valence-corrected chi connectivity index (χ2v) is 7.72. The Hall–Kier alpha value is -0.840. The molecule has 1 aromatic heterocycles. The topological polar surface area (TPSA) is 26.0 Å². The summed E-state index contributed by atoms with van der Waals surface area (Å²) < 4.78 is 5.54. The summed E-state index contributed by atoms with van der Waals surface area (Å²) in [4.78, 5) is 5.27. The molecule has 5 heteroatoms. The van der Waals surface area contributed by atoms with Crippen molar-refractivity contribution in [3.8, 4) is 0 Å². The Balaban J connectivity index is 1.89. The highest BCUT2D eigenvalue weighted by Crippen LogP contribution is 2.55.